The lowest BCUT2D eigenvalue weighted by atomic mass is 9.71. The number of carbonyl (C=O) groups is 3. The van der Waals surface area contributed by atoms with Crippen LogP contribution in [0.3, 0.4) is 0 Å². The van der Waals surface area contributed by atoms with Gasteiger partial charge in [0, 0.05) is 31.0 Å². The van der Waals surface area contributed by atoms with Crippen molar-refractivity contribution < 1.29 is 42.1 Å². The molecule has 4 rings (SSSR count). The number of Topliss-reactive ketones (excluding diaryl/α,β-unsaturated/α-hetero) is 1. The van der Waals surface area contributed by atoms with E-state index in [9.17, 15) is 28.0 Å². The van der Waals surface area contributed by atoms with Gasteiger partial charge in [-0.1, -0.05) is 6.07 Å². The third-order valence-electron chi connectivity index (χ3n) is 6.62. The normalized spacial score (nSPS) is 20.4. The summed E-state index contributed by atoms with van der Waals surface area (Å²) in [6.07, 6.45) is 0.431. The molecule has 3 heterocycles. The van der Waals surface area contributed by atoms with E-state index in [2.05, 4.69) is 5.32 Å². The van der Waals surface area contributed by atoms with Gasteiger partial charge in [0.25, 0.3) is 5.91 Å². The van der Waals surface area contributed by atoms with Crippen LogP contribution >= 0.6 is 0 Å². The molecule has 2 aliphatic heterocycles. The van der Waals surface area contributed by atoms with Crippen LogP contribution in [0.4, 0.5) is 13.6 Å². The number of aromatic nitrogens is 1. The molecule has 10 nitrogen and oxygen atoms in total. The smallest absolute Gasteiger partial charge is 0.451 e. The maximum atomic E-state index is 14.0. The Morgan fingerprint density at radius 1 is 1.26 bits per heavy atom. The van der Waals surface area contributed by atoms with Crippen molar-refractivity contribution >= 4 is 17.8 Å². The van der Waals surface area contributed by atoms with Crippen molar-refractivity contribution in [2.45, 2.75) is 58.9 Å². The van der Waals surface area contributed by atoms with E-state index in [0.29, 0.717) is 25.5 Å². The predicted molar refractivity (Wildman–Crippen MR) is 128 cm³/mol. The van der Waals surface area contributed by atoms with Gasteiger partial charge in [-0.3, -0.25) is 14.4 Å². The summed E-state index contributed by atoms with van der Waals surface area (Å²) >= 11 is 0. The molecular weight excluding hydrogens is 506 g/mol. The molecule has 1 saturated heterocycles. The van der Waals surface area contributed by atoms with Crippen LogP contribution in [0.1, 0.15) is 60.0 Å². The summed E-state index contributed by atoms with van der Waals surface area (Å²) in [5, 5.41) is 2.43. The Morgan fingerprint density at radius 3 is 2.74 bits per heavy atom. The summed E-state index contributed by atoms with van der Waals surface area (Å²) < 4.78 is 49.7. The second kappa shape index (κ2) is 10.9. The van der Waals surface area contributed by atoms with E-state index < -0.39 is 65.1 Å². The fraction of sp³-hybridized carbons (Fsp3) is 0.462. The van der Waals surface area contributed by atoms with Crippen LogP contribution in [0.5, 0.6) is 5.75 Å². The van der Waals surface area contributed by atoms with Crippen LogP contribution in [0.15, 0.2) is 29.2 Å². The second-order valence-corrected chi connectivity index (χ2v) is 9.65. The number of ketones is 1. The molecule has 2 aliphatic rings. The van der Waals surface area contributed by atoms with Gasteiger partial charge in [0.05, 0.1) is 24.2 Å². The molecular formula is C26H28F2N2O8. The summed E-state index contributed by atoms with van der Waals surface area (Å²) in [6.45, 7) is 4.55. The van der Waals surface area contributed by atoms with Gasteiger partial charge in [-0.25, -0.2) is 13.6 Å². The minimum atomic E-state index is -1.04. The highest BCUT2D eigenvalue weighted by molar-refractivity contribution is 6.03. The van der Waals surface area contributed by atoms with Crippen molar-refractivity contribution in [2.75, 3.05) is 13.4 Å². The van der Waals surface area contributed by atoms with Crippen LogP contribution in [-0.4, -0.2) is 48.0 Å². The van der Waals surface area contributed by atoms with E-state index in [0.717, 1.165) is 6.07 Å². The lowest BCUT2D eigenvalue weighted by Crippen LogP contribution is -2.52. The summed E-state index contributed by atoms with van der Waals surface area (Å²) in [7, 11) is 0. The third kappa shape index (κ3) is 5.40. The first kappa shape index (κ1) is 27.2. The van der Waals surface area contributed by atoms with Gasteiger partial charge in [-0.2, -0.15) is 0 Å². The Bertz CT molecular complexity index is 1330. The lowest BCUT2D eigenvalue weighted by Gasteiger charge is -2.44. The molecule has 1 fully saturated rings. The monoisotopic (exact) mass is 534 g/mol. The van der Waals surface area contributed by atoms with Crippen LogP contribution in [0.2, 0.25) is 0 Å². The molecule has 0 bridgehead atoms. The highest BCUT2D eigenvalue weighted by Crippen LogP contribution is 2.42. The highest BCUT2D eigenvalue weighted by atomic mass is 19.1. The average molecular weight is 535 g/mol. The molecule has 0 radical (unpaired) electrons. The van der Waals surface area contributed by atoms with Crippen molar-refractivity contribution in [3.63, 3.8) is 0 Å². The summed E-state index contributed by atoms with van der Waals surface area (Å²) in [5.41, 5.74) is -2.27. The first-order valence-corrected chi connectivity index (χ1v) is 12.1. The average Bonchev–Trinajstić information content (AvgIpc) is 2.85. The number of carbonyl (C=O) groups excluding carboxylic acids is 3. The van der Waals surface area contributed by atoms with Gasteiger partial charge in [-0.05, 0) is 39.7 Å². The van der Waals surface area contributed by atoms with Crippen molar-refractivity contribution in [2.24, 2.45) is 5.41 Å². The molecule has 0 aliphatic carbocycles. The maximum Gasteiger partial charge on any atom is 0.511 e. The largest absolute Gasteiger partial charge is 0.511 e. The molecule has 2 aromatic rings. The van der Waals surface area contributed by atoms with Crippen molar-refractivity contribution in [3.8, 4) is 5.75 Å². The van der Waals surface area contributed by atoms with Crippen molar-refractivity contribution in [1.82, 2.24) is 9.88 Å². The number of nitrogens with zero attached hydrogens (tertiary/aromatic N) is 1. The first-order chi connectivity index (χ1) is 18.0. The number of benzene rings is 1. The van der Waals surface area contributed by atoms with E-state index in [-0.39, 0.29) is 29.9 Å². The summed E-state index contributed by atoms with van der Waals surface area (Å²) in [6, 6.07) is 2.90. The van der Waals surface area contributed by atoms with Gasteiger partial charge in [0.1, 0.15) is 22.9 Å². The number of pyridine rings is 1. The molecule has 1 aromatic carbocycles. The Hall–Kier alpha value is -3.80. The van der Waals surface area contributed by atoms with Gasteiger partial charge in [0.15, 0.2) is 11.5 Å². The van der Waals surface area contributed by atoms with Crippen molar-refractivity contribution in [3.05, 3.63) is 63.1 Å². The highest BCUT2D eigenvalue weighted by Gasteiger charge is 2.50. The van der Waals surface area contributed by atoms with Crippen LogP contribution in [-0.2, 0) is 27.3 Å². The van der Waals surface area contributed by atoms with E-state index in [1.54, 1.807) is 20.8 Å². The zero-order valence-electron chi connectivity index (χ0n) is 21.2. The second-order valence-electron chi connectivity index (χ2n) is 9.65. The maximum absolute atomic E-state index is 14.0. The number of amides is 1. The standard InChI is InChI=1S/C26H28F2N2O8/c1-14(2)38-25(34)37-13-36-22-20-23(32)26(3)7-4-8-35-19(26)12-30(20)11-17(21(22)31)24(33)29-10-15-5-6-16(27)9-18(15)28/h5-6,9,11,14,19H,4,7-8,10,12-13H2,1-3H3,(H,29,33)/t19-,26-/m0/s1. The Balaban J connectivity index is 1.66. The summed E-state index contributed by atoms with van der Waals surface area (Å²) in [4.78, 5) is 51.8. The number of hydrogen-bond donors (Lipinski definition) is 1. The van der Waals surface area contributed by atoms with Crippen molar-refractivity contribution in [1.29, 1.82) is 0 Å². The molecule has 0 unspecified atom stereocenters. The number of rotatable bonds is 7. The third-order valence-corrected chi connectivity index (χ3v) is 6.62. The lowest BCUT2D eigenvalue weighted by molar-refractivity contribution is -0.0743. The molecule has 12 heteroatoms. The number of fused-ring (bicyclic) bond motifs is 2. The van der Waals surface area contributed by atoms with Crippen LogP contribution < -0.4 is 15.5 Å². The molecule has 0 spiro atoms. The fourth-order valence-corrected chi connectivity index (χ4v) is 4.58. The molecule has 204 valence electrons. The Morgan fingerprint density at radius 2 is 2.03 bits per heavy atom. The van der Waals surface area contributed by atoms with E-state index in [4.69, 9.17) is 18.9 Å². The van der Waals surface area contributed by atoms with Crippen LogP contribution in [0.25, 0.3) is 0 Å². The van der Waals surface area contributed by atoms with Gasteiger partial charge in [-0.15, -0.1) is 0 Å². The molecule has 1 N–H and O–H groups in total. The van der Waals surface area contributed by atoms with E-state index in [1.807, 2.05) is 0 Å². The SMILES string of the molecule is CC(C)OC(=O)OCOc1c2n(cc(C(=O)NCc3ccc(F)cc3F)c1=O)C[C@@H]1OCCC[C@]1(C)C2=O. The number of hydrogen-bond acceptors (Lipinski definition) is 8. The van der Waals surface area contributed by atoms with Gasteiger partial charge < -0.3 is 28.8 Å². The van der Waals surface area contributed by atoms with E-state index >= 15 is 0 Å². The Kier molecular flexibility index (Phi) is 7.81. The Labute approximate surface area is 216 Å². The minimum Gasteiger partial charge on any atom is -0.451 e. The zero-order valence-corrected chi connectivity index (χ0v) is 21.2. The predicted octanol–water partition coefficient (Wildman–Crippen LogP) is 3.34. The molecule has 38 heavy (non-hydrogen) atoms. The van der Waals surface area contributed by atoms with Gasteiger partial charge >= 0.3 is 6.16 Å². The zero-order chi connectivity index (χ0) is 27.6. The minimum absolute atomic E-state index is 0.00732. The quantitative estimate of drug-likeness (QED) is 0.424. The van der Waals surface area contributed by atoms with Gasteiger partial charge in [0.2, 0.25) is 12.2 Å². The number of nitrogens with one attached hydrogen (secondary N) is 1. The molecule has 2 atom stereocenters. The summed E-state index contributed by atoms with van der Waals surface area (Å²) in [5.74, 6) is -3.36. The number of ether oxygens (including phenoxy) is 4. The molecule has 0 saturated carbocycles. The van der Waals surface area contributed by atoms with E-state index in [1.165, 1.54) is 16.8 Å². The van der Waals surface area contributed by atoms with Crippen LogP contribution in [0, 0.1) is 17.0 Å². The molecule has 1 aromatic heterocycles. The number of halogens is 2. The molecule has 1 amide bonds. The topological polar surface area (TPSA) is 122 Å². The first-order valence-electron chi connectivity index (χ1n) is 12.1. The fourth-order valence-electron chi connectivity index (χ4n) is 4.58.